The SMILES string of the molecule is CC=CC(C)(CC)CCCCCC(CC)(CC)N(C)C. The van der Waals surface area contributed by atoms with E-state index in [1.54, 1.807) is 0 Å². The minimum Gasteiger partial charge on any atom is -0.304 e. The Kier molecular flexibility index (Phi) is 9.46. The van der Waals surface area contributed by atoms with E-state index >= 15 is 0 Å². The Balaban J connectivity index is 4.13. The number of hydrogen-bond donors (Lipinski definition) is 0. The molecular weight excluding hydrogens is 242 g/mol. The highest BCUT2D eigenvalue weighted by Crippen LogP contribution is 2.32. The average Bonchev–Trinajstić information content (AvgIpc) is 2.43. The highest BCUT2D eigenvalue weighted by molar-refractivity contribution is 4.94. The Hall–Kier alpha value is -0.300. The van der Waals surface area contributed by atoms with E-state index in [4.69, 9.17) is 0 Å². The first-order valence-corrected chi connectivity index (χ1v) is 8.71. The van der Waals surface area contributed by atoms with Gasteiger partial charge in [0.2, 0.25) is 0 Å². The lowest BCUT2D eigenvalue weighted by molar-refractivity contribution is 0.123. The maximum absolute atomic E-state index is 2.45. The zero-order valence-corrected chi connectivity index (χ0v) is 15.3. The van der Waals surface area contributed by atoms with Gasteiger partial charge in [-0.2, -0.15) is 0 Å². The molecule has 0 heterocycles. The summed E-state index contributed by atoms with van der Waals surface area (Å²) in [6.07, 6.45) is 15.2. The highest BCUT2D eigenvalue weighted by Gasteiger charge is 2.27. The summed E-state index contributed by atoms with van der Waals surface area (Å²) in [5.41, 5.74) is 0.847. The van der Waals surface area contributed by atoms with Gasteiger partial charge in [-0.05, 0) is 58.5 Å². The van der Waals surface area contributed by atoms with Crippen LogP contribution in [0.5, 0.6) is 0 Å². The van der Waals surface area contributed by atoms with E-state index in [1.165, 1.54) is 51.4 Å². The topological polar surface area (TPSA) is 3.24 Å². The third-order valence-corrected chi connectivity index (χ3v) is 5.53. The van der Waals surface area contributed by atoms with E-state index in [0.717, 1.165) is 0 Å². The molecule has 0 aliphatic heterocycles. The molecule has 0 aromatic heterocycles. The van der Waals surface area contributed by atoms with E-state index in [0.29, 0.717) is 11.0 Å². The van der Waals surface area contributed by atoms with Crippen molar-refractivity contribution in [2.45, 2.75) is 91.5 Å². The Bertz CT molecular complexity index is 263. The maximum atomic E-state index is 2.45. The third-order valence-electron chi connectivity index (χ3n) is 5.53. The van der Waals surface area contributed by atoms with Crippen LogP contribution in [0.1, 0.15) is 86.0 Å². The van der Waals surface area contributed by atoms with Crippen LogP contribution in [0.2, 0.25) is 0 Å². The Labute approximate surface area is 128 Å². The maximum Gasteiger partial charge on any atom is 0.0198 e. The molecule has 1 nitrogen and oxygen atoms in total. The number of rotatable bonds is 11. The fraction of sp³-hybridized carbons (Fsp3) is 0.895. The highest BCUT2D eigenvalue weighted by atomic mass is 15.1. The van der Waals surface area contributed by atoms with E-state index in [1.807, 2.05) is 0 Å². The monoisotopic (exact) mass is 281 g/mol. The van der Waals surface area contributed by atoms with E-state index < -0.39 is 0 Å². The van der Waals surface area contributed by atoms with Crippen LogP contribution in [0, 0.1) is 5.41 Å². The second kappa shape index (κ2) is 9.60. The summed E-state index contributed by atoms with van der Waals surface area (Å²) in [6, 6.07) is 0. The molecule has 120 valence electrons. The molecule has 0 bridgehead atoms. The largest absolute Gasteiger partial charge is 0.304 e. The van der Waals surface area contributed by atoms with Crippen molar-refractivity contribution in [1.82, 2.24) is 4.90 Å². The molecule has 0 fully saturated rings. The van der Waals surface area contributed by atoms with Crippen LogP contribution in [-0.2, 0) is 0 Å². The van der Waals surface area contributed by atoms with Crippen LogP contribution < -0.4 is 0 Å². The Morgan fingerprint density at radius 3 is 1.80 bits per heavy atom. The van der Waals surface area contributed by atoms with Crippen molar-refractivity contribution in [1.29, 1.82) is 0 Å². The molecule has 1 unspecified atom stereocenters. The molecule has 0 N–H and O–H groups in total. The van der Waals surface area contributed by atoms with E-state index in [9.17, 15) is 0 Å². The predicted octanol–water partition coefficient (Wildman–Crippen LogP) is 6.05. The number of allylic oxidation sites excluding steroid dienone is 2. The number of nitrogens with zero attached hydrogens (tertiary/aromatic N) is 1. The molecule has 20 heavy (non-hydrogen) atoms. The van der Waals surface area contributed by atoms with Crippen LogP contribution in [0.3, 0.4) is 0 Å². The molecular formula is C19H39N. The standard InChI is InChI=1S/C19H39N/c1-8-15-18(5,9-2)16-13-12-14-17-19(10-3,11-4)20(6)7/h8,15H,9-14,16-17H2,1-7H3. The van der Waals surface area contributed by atoms with Gasteiger partial charge in [0, 0.05) is 5.54 Å². The molecule has 0 aromatic carbocycles. The second-order valence-electron chi connectivity index (χ2n) is 6.89. The van der Waals surface area contributed by atoms with Crippen LogP contribution in [-0.4, -0.2) is 24.5 Å². The average molecular weight is 282 g/mol. The van der Waals surface area contributed by atoms with Crippen LogP contribution in [0.15, 0.2) is 12.2 Å². The van der Waals surface area contributed by atoms with Gasteiger partial charge in [-0.1, -0.05) is 59.1 Å². The van der Waals surface area contributed by atoms with Gasteiger partial charge in [-0.3, -0.25) is 0 Å². The van der Waals surface area contributed by atoms with Gasteiger partial charge in [0.1, 0.15) is 0 Å². The first-order chi connectivity index (χ1) is 9.39. The summed E-state index contributed by atoms with van der Waals surface area (Å²) in [6.45, 7) is 11.5. The van der Waals surface area contributed by atoms with Gasteiger partial charge in [0.25, 0.3) is 0 Å². The molecule has 0 aliphatic rings. The molecule has 0 aliphatic carbocycles. The molecule has 1 atom stereocenters. The van der Waals surface area contributed by atoms with Crippen LogP contribution in [0.4, 0.5) is 0 Å². The number of unbranched alkanes of at least 4 members (excludes halogenated alkanes) is 2. The molecule has 0 aromatic rings. The quantitative estimate of drug-likeness (QED) is 0.329. The summed E-state index contributed by atoms with van der Waals surface area (Å²) < 4.78 is 0. The van der Waals surface area contributed by atoms with Gasteiger partial charge in [-0.15, -0.1) is 0 Å². The van der Waals surface area contributed by atoms with Gasteiger partial charge in [0.05, 0.1) is 0 Å². The third kappa shape index (κ3) is 5.99. The van der Waals surface area contributed by atoms with Crippen molar-refractivity contribution in [3.63, 3.8) is 0 Å². The summed E-state index contributed by atoms with van der Waals surface area (Å²) in [5.74, 6) is 0. The van der Waals surface area contributed by atoms with E-state index in [2.05, 4.69) is 65.8 Å². The van der Waals surface area contributed by atoms with Gasteiger partial charge < -0.3 is 4.90 Å². The summed E-state index contributed by atoms with van der Waals surface area (Å²) in [7, 11) is 4.49. The van der Waals surface area contributed by atoms with Crippen molar-refractivity contribution in [3.05, 3.63) is 12.2 Å². The predicted molar refractivity (Wildman–Crippen MR) is 93.3 cm³/mol. The van der Waals surface area contributed by atoms with Gasteiger partial charge in [0.15, 0.2) is 0 Å². The van der Waals surface area contributed by atoms with Crippen LogP contribution in [0.25, 0.3) is 0 Å². The summed E-state index contributed by atoms with van der Waals surface area (Å²) in [5, 5.41) is 0. The first-order valence-electron chi connectivity index (χ1n) is 8.71. The molecule has 0 saturated carbocycles. The first kappa shape index (κ1) is 19.7. The Morgan fingerprint density at radius 2 is 1.40 bits per heavy atom. The van der Waals surface area contributed by atoms with Crippen molar-refractivity contribution >= 4 is 0 Å². The lowest BCUT2D eigenvalue weighted by Gasteiger charge is -2.39. The normalized spacial score (nSPS) is 16.0. The Morgan fingerprint density at radius 1 is 0.850 bits per heavy atom. The van der Waals surface area contributed by atoms with Crippen molar-refractivity contribution < 1.29 is 0 Å². The fourth-order valence-corrected chi connectivity index (χ4v) is 3.40. The van der Waals surface area contributed by atoms with Crippen molar-refractivity contribution in [2.24, 2.45) is 5.41 Å². The second-order valence-corrected chi connectivity index (χ2v) is 6.89. The minimum atomic E-state index is 0.420. The van der Waals surface area contributed by atoms with Gasteiger partial charge >= 0.3 is 0 Å². The molecule has 0 radical (unpaired) electrons. The molecule has 0 saturated heterocycles. The molecule has 0 amide bonds. The van der Waals surface area contributed by atoms with Gasteiger partial charge in [-0.25, -0.2) is 0 Å². The molecule has 0 rings (SSSR count). The van der Waals surface area contributed by atoms with Crippen molar-refractivity contribution in [3.8, 4) is 0 Å². The fourth-order valence-electron chi connectivity index (χ4n) is 3.40. The minimum absolute atomic E-state index is 0.420. The summed E-state index contributed by atoms with van der Waals surface area (Å²) in [4.78, 5) is 2.45. The zero-order chi connectivity index (χ0) is 15.6. The number of hydrogen-bond acceptors (Lipinski definition) is 1. The lowest BCUT2D eigenvalue weighted by atomic mass is 9.81. The molecule has 1 heteroatoms. The molecule has 0 spiro atoms. The van der Waals surface area contributed by atoms with Crippen molar-refractivity contribution in [2.75, 3.05) is 14.1 Å². The lowest BCUT2D eigenvalue weighted by Crippen LogP contribution is -2.43. The van der Waals surface area contributed by atoms with E-state index in [-0.39, 0.29) is 0 Å². The smallest absolute Gasteiger partial charge is 0.0198 e. The van der Waals surface area contributed by atoms with Crippen LogP contribution >= 0.6 is 0 Å². The zero-order valence-electron chi connectivity index (χ0n) is 15.3. The summed E-state index contributed by atoms with van der Waals surface area (Å²) >= 11 is 0.